The van der Waals surface area contributed by atoms with Crippen molar-refractivity contribution in [3.8, 4) is 0 Å². The predicted octanol–water partition coefficient (Wildman–Crippen LogP) is 0.618. The topological polar surface area (TPSA) is 88.0 Å². The zero-order valence-corrected chi connectivity index (χ0v) is 11.0. The Morgan fingerprint density at radius 1 is 1.53 bits per heavy atom. The third kappa shape index (κ3) is 2.93. The Labute approximate surface area is 111 Å². The summed E-state index contributed by atoms with van der Waals surface area (Å²) in [6.45, 7) is 2.67. The Hall–Kier alpha value is -2.31. The van der Waals surface area contributed by atoms with E-state index >= 15 is 0 Å². The molecule has 0 saturated carbocycles. The molecule has 0 aliphatic carbocycles. The quantitative estimate of drug-likeness (QED) is 0.799. The lowest BCUT2D eigenvalue weighted by Crippen LogP contribution is -2.10. The van der Waals surface area contributed by atoms with Crippen LogP contribution in [0.15, 0.2) is 18.6 Å². The average molecular weight is 263 g/mol. The van der Waals surface area contributed by atoms with Crippen LogP contribution in [0.2, 0.25) is 0 Å². The van der Waals surface area contributed by atoms with Crippen molar-refractivity contribution in [2.45, 2.75) is 19.9 Å². The second kappa shape index (κ2) is 5.55. The van der Waals surface area contributed by atoms with Gasteiger partial charge >= 0.3 is 5.97 Å². The third-order valence-corrected chi connectivity index (χ3v) is 2.72. The van der Waals surface area contributed by atoms with Crippen LogP contribution in [0.5, 0.6) is 0 Å². The number of nitrogens with two attached hydrogens (primary N) is 1. The molecule has 0 aliphatic rings. The molecule has 7 nitrogen and oxygen atoms in total. The van der Waals surface area contributed by atoms with Gasteiger partial charge in [0.1, 0.15) is 5.82 Å². The van der Waals surface area contributed by atoms with Gasteiger partial charge in [-0.25, -0.2) is 9.78 Å². The van der Waals surface area contributed by atoms with Gasteiger partial charge in [0, 0.05) is 26.2 Å². The van der Waals surface area contributed by atoms with Gasteiger partial charge in [0.15, 0.2) is 5.69 Å². The fourth-order valence-electron chi connectivity index (χ4n) is 1.76. The van der Waals surface area contributed by atoms with Crippen molar-refractivity contribution >= 4 is 11.8 Å². The molecule has 2 heterocycles. The van der Waals surface area contributed by atoms with Crippen molar-refractivity contribution < 1.29 is 9.53 Å². The highest BCUT2D eigenvalue weighted by Crippen LogP contribution is 2.12. The Kier molecular flexibility index (Phi) is 3.84. The fourth-order valence-corrected chi connectivity index (χ4v) is 1.76. The summed E-state index contributed by atoms with van der Waals surface area (Å²) in [7, 11) is 1.87. The summed E-state index contributed by atoms with van der Waals surface area (Å²) in [5.74, 6) is -0.161. The number of ether oxygens (including phenoxy) is 1. The standard InChI is InChI=1S/C12H17N5O2/c1-3-19-12(18)10-11(13)17(8-14-10)7-5-9-4-6-16(2)15-9/h4,6,8H,3,5,7,13H2,1-2H3. The molecule has 0 saturated heterocycles. The van der Waals surface area contributed by atoms with Gasteiger partial charge in [0.05, 0.1) is 18.6 Å². The van der Waals surface area contributed by atoms with Crippen molar-refractivity contribution in [2.24, 2.45) is 7.05 Å². The molecule has 0 radical (unpaired) electrons. The van der Waals surface area contributed by atoms with Crippen LogP contribution in [-0.2, 0) is 24.8 Å². The Morgan fingerprint density at radius 2 is 2.32 bits per heavy atom. The first-order chi connectivity index (χ1) is 9.11. The molecule has 2 rings (SSSR count). The van der Waals surface area contributed by atoms with Gasteiger partial charge in [0.2, 0.25) is 0 Å². The number of imidazole rings is 1. The number of carbonyl (C=O) groups excluding carboxylic acids is 1. The maximum Gasteiger partial charge on any atom is 0.360 e. The van der Waals surface area contributed by atoms with E-state index in [1.54, 1.807) is 22.5 Å². The highest BCUT2D eigenvalue weighted by atomic mass is 16.5. The number of rotatable bonds is 5. The maximum absolute atomic E-state index is 11.6. The van der Waals surface area contributed by atoms with Crippen LogP contribution < -0.4 is 5.73 Å². The number of hydrogen-bond donors (Lipinski definition) is 1. The van der Waals surface area contributed by atoms with Gasteiger partial charge in [-0.3, -0.25) is 4.68 Å². The van der Waals surface area contributed by atoms with Gasteiger partial charge in [-0.05, 0) is 13.0 Å². The van der Waals surface area contributed by atoms with E-state index in [1.807, 2.05) is 19.3 Å². The lowest BCUT2D eigenvalue weighted by molar-refractivity contribution is 0.0521. The number of nitrogen functional groups attached to an aromatic ring is 1. The number of aryl methyl sites for hydroxylation is 3. The first-order valence-corrected chi connectivity index (χ1v) is 6.08. The van der Waals surface area contributed by atoms with Crippen molar-refractivity contribution in [2.75, 3.05) is 12.3 Å². The average Bonchev–Trinajstić information content (AvgIpc) is 2.94. The van der Waals surface area contributed by atoms with E-state index in [-0.39, 0.29) is 5.69 Å². The fraction of sp³-hybridized carbons (Fsp3) is 0.417. The molecule has 0 spiro atoms. The molecule has 0 fully saturated rings. The number of nitrogens with zero attached hydrogens (tertiary/aromatic N) is 4. The second-order valence-corrected chi connectivity index (χ2v) is 4.12. The minimum absolute atomic E-state index is 0.169. The van der Waals surface area contributed by atoms with E-state index in [2.05, 4.69) is 10.1 Å². The van der Waals surface area contributed by atoms with E-state index in [9.17, 15) is 4.79 Å². The number of esters is 1. The molecule has 0 bridgehead atoms. The van der Waals surface area contributed by atoms with Crippen LogP contribution >= 0.6 is 0 Å². The Morgan fingerprint density at radius 3 is 2.95 bits per heavy atom. The molecule has 0 unspecified atom stereocenters. The largest absolute Gasteiger partial charge is 0.461 e. The summed E-state index contributed by atoms with van der Waals surface area (Å²) >= 11 is 0. The van der Waals surface area contributed by atoms with Crippen molar-refractivity contribution in [3.63, 3.8) is 0 Å². The minimum Gasteiger partial charge on any atom is -0.461 e. The van der Waals surface area contributed by atoms with Gasteiger partial charge in [-0.15, -0.1) is 0 Å². The zero-order chi connectivity index (χ0) is 13.8. The molecular formula is C12H17N5O2. The van der Waals surface area contributed by atoms with E-state index in [1.165, 1.54) is 0 Å². The van der Waals surface area contributed by atoms with Crippen LogP contribution in [0.25, 0.3) is 0 Å². The molecular weight excluding hydrogens is 246 g/mol. The molecule has 102 valence electrons. The third-order valence-electron chi connectivity index (χ3n) is 2.72. The normalized spacial score (nSPS) is 10.6. The van der Waals surface area contributed by atoms with E-state index < -0.39 is 5.97 Å². The summed E-state index contributed by atoms with van der Waals surface area (Å²) < 4.78 is 8.35. The van der Waals surface area contributed by atoms with Crippen LogP contribution in [0.4, 0.5) is 5.82 Å². The first kappa shape index (κ1) is 13.1. The second-order valence-electron chi connectivity index (χ2n) is 4.12. The maximum atomic E-state index is 11.6. The van der Waals surface area contributed by atoms with Crippen LogP contribution in [0.3, 0.4) is 0 Å². The van der Waals surface area contributed by atoms with Crippen molar-refractivity contribution in [1.82, 2.24) is 19.3 Å². The molecule has 0 aliphatic heterocycles. The highest BCUT2D eigenvalue weighted by molar-refractivity contribution is 5.92. The van der Waals surface area contributed by atoms with Gasteiger partial charge in [0.25, 0.3) is 0 Å². The molecule has 0 aromatic carbocycles. The first-order valence-electron chi connectivity index (χ1n) is 6.08. The van der Waals surface area contributed by atoms with E-state index in [4.69, 9.17) is 10.5 Å². The summed E-state index contributed by atoms with van der Waals surface area (Å²) in [5, 5.41) is 4.28. The summed E-state index contributed by atoms with van der Waals surface area (Å²) in [6, 6.07) is 1.94. The molecule has 2 N–H and O–H groups in total. The molecule has 0 amide bonds. The van der Waals surface area contributed by atoms with Gasteiger partial charge in [-0.1, -0.05) is 0 Å². The SMILES string of the molecule is CCOC(=O)c1ncn(CCc2ccn(C)n2)c1N. The minimum atomic E-state index is -0.489. The number of hydrogen-bond acceptors (Lipinski definition) is 5. The van der Waals surface area contributed by atoms with E-state index in [0.29, 0.717) is 19.0 Å². The molecule has 2 aromatic heterocycles. The van der Waals surface area contributed by atoms with Crippen LogP contribution in [0, 0.1) is 0 Å². The van der Waals surface area contributed by atoms with Crippen LogP contribution in [0.1, 0.15) is 23.1 Å². The summed E-state index contributed by atoms with van der Waals surface area (Å²) in [4.78, 5) is 15.6. The molecule has 2 aromatic rings. The lowest BCUT2D eigenvalue weighted by atomic mass is 10.3. The smallest absolute Gasteiger partial charge is 0.360 e. The summed E-state index contributed by atoms with van der Waals surface area (Å²) in [6.07, 6.45) is 4.16. The molecule has 7 heteroatoms. The summed E-state index contributed by atoms with van der Waals surface area (Å²) in [5.41, 5.74) is 7.01. The molecule has 19 heavy (non-hydrogen) atoms. The molecule has 0 atom stereocenters. The lowest BCUT2D eigenvalue weighted by Gasteiger charge is -2.04. The highest BCUT2D eigenvalue weighted by Gasteiger charge is 2.16. The Bertz CT molecular complexity index is 572. The van der Waals surface area contributed by atoms with Gasteiger partial charge < -0.3 is 15.0 Å². The van der Waals surface area contributed by atoms with Gasteiger partial charge in [-0.2, -0.15) is 5.10 Å². The van der Waals surface area contributed by atoms with Crippen molar-refractivity contribution in [3.05, 3.63) is 30.0 Å². The number of anilines is 1. The number of aromatic nitrogens is 4. The van der Waals surface area contributed by atoms with Crippen molar-refractivity contribution in [1.29, 1.82) is 0 Å². The predicted molar refractivity (Wildman–Crippen MR) is 69.5 cm³/mol. The zero-order valence-electron chi connectivity index (χ0n) is 11.0. The monoisotopic (exact) mass is 263 g/mol. The van der Waals surface area contributed by atoms with Crippen LogP contribution in [-0.4, -0.2) is 31.9 Å². The number of carbonyl (C=O) groups is 1. The Balaban J connectivity index is 2.03. The van der Waals surface area contributed by atoms with E-state index in [0.717, 1.165) is 12.1 Å².